The van der Waals surface area contributed by atoms with Crippen LogP contribution < -0.4 is 10.6 Å². The van der Waals surface area contributed by atoms with Gasteiger partial charge in [0.15, 0.2) is 5.11 Å². The van der Waals surface area contributed by atoms with Gasteiger partial charge in [-0.1, -0.05) is 24.3 Å². The number of hydrogen-bond acceptors (Lipinski definition) is 3. The Hall–Kier alpha value is -2.60. The molecular weight excluding hydrogens is 308 g/mol. The van der Waals surface area contributed by atoms with E-state index in [9.17, 15) is 0 Å². The maximum atomic E-state index is 5.28. The van der Waals surface area contributed by atoms with E-state index in [1.807, 2.05) is 29.2 Å². The number of furan rings is 1. The van der Waals surface area contributed by atoms with Gasteiger partial charge in [0.2, 0.25) is 0 Å². The average Bonchev–Trinajstić information content (AvgIpc) is 3.25. The molecule has 2 N–H and O–H groups in total. The van der Waals surface area contributed by atoms with Crippen LogP contribution in [-0.4, -0.2) is 14.7 Å². The summed E-state index contributed by atoms with van der Waals surface area (Å²) in [4.78, 5) is 4.06. The van der Waals surface area contributed by atoms with Gasteiger partial charge in [-0.05, 0) is 35.5 Å². The van der Waals surface area contributed by atoms with Gasteiger partial charge in [-0.15, -0.1) is 0 Å². The highest BCUT2D eigenvalue weighted by molar-refractivity contribution is 7.80. The highest BCUT2D eigenvalue weighted by Gasteiger charge is 2.01. The van der Waals surface area contributed by atoms with Gasteiger partial charge in [-0.3, -0.25) is 0 Å². The molecule has 2 heterocycles. The topological polar surface area (TPSA) is 55.0 Å². The molecule has 0 amide bonds. The zero-order valence-electron chi connectivity index (χ0n) is 12.6. The quantitative estimate of drug-likeness (QED) is 0.682. The molecule has 0 fully saturated rings. The minimum atomic E-state index is 0.583. The average molecular weight is 326 g/mol. The van der Waals surface area contributed by atoms with E-state index in [1.54, 1.807) is 12.5 Å². The first-order valence-electron chi connectivity index (χ1n) is 7.37. The van der Waals surface area contributed by atoms with Crippen molar-refractivity contribution in [2.75, 3.05) is 0 Å². The molecule has 0 spiro atoms. The molecule has 0 saturated heterocycles. The lowest BCUT2D eigenvalue weighted by molar-refractivity contribution is 0.502. The molecular formula is C17H18N4OS. The highest BCUT2D eigenvalue weighted by Crippen LogP contribution is 2.07. The van der Waals surface area contributed by atoms with Crippen LogP contribution in [0.1, 0.15) is 16.9 Å². The van der Waals surface area contributed by atoms with E-state index in [-0.39, 0.29) is 0 Å². The first-order valence-corrected chi connectivity index (χ1v) is 7.78. The summed E-state index contributed by atoms with van der Waals surface area (Å²) in [5, 5.41) is 6.94. The van der Waals surface area contributed by atoms with E-state index in [0.717, 1.165) is 12.3 Å². The molecule has 0 unspecified atom stereocenters. The van der Waals surface area contributed by atoms with Crippen LogP contribution in [0.5, 0.6) is 0 Å². The molecule has 2 aromatic heterocycles. The molecule has 1 aromatic carbocycles. The molecule has 0 radical (unpaired) electrons. The first-order chi connectivity index (χ1) is 11.3. The maximum Gasteiger partial charge on any atom is 0.166 e. The van der Waals surface area contributed by atoms with Crippen LogP contribution in [0, 0.1) is 0 Å². The molecule has 0 aliphatic rings. The van der Waals surface area contributed by atoms with Gasteiger partial charge in [0.1, 0.15) is 5.76 Å². The fourth-order valence-electron chi connectivity index (χ4n) is 2.25. The summed E-state index contributed by atoms with van der Waals surface area (Å²) < 4.78 is 7.30. The Bertz CT molecular complexity index is 738. The van der Waals surface area contributed by atoms with Gasteiger partial charge in [0.25, 0.3) is 0 Å². The SMILES string of the molecule is S=C(NCc1cccc(Cn2ccnc2)c1)NCc1ccco1. The third kappa shape index (κ3) is 4.69. The number of rotatable bonds is 6. The van der Waals surface area contributed by atoms with Crippen molar-refractivity contribution in [3.05, 3.63) is 78.3 Å². The fourth-order valence-corrected chi connectivity index (χ4v) is 2.40. The van der Waals surface area contributed by atoms with Crippen LogP contribution in [0.25, 0.3) is 0 Å². The Morgan fingerprint density at radius 2 is 2.00 bits per heavy atom. The number of aromatic nitrogens is 2. The largest absolute Gasteiger partial charge is 0.467 e. The number of benzene rings is 1. The second-order valence-corrected chi connectivity index (χ2v) is 5.58. The molecule has 0 bridgehead atoms. The lowest BCUT2D eigenvalue weighted by Crippen LogP contribution is -2.34. The summed E-state index contributed by atoms with van der Waals surface area (Å²) in [6, 6.07) is 12.2. The molecule has 6 heteroatoms. The van der Waals surface area contributed by atoms with E-state index < -0.39 is 0 Å². The summed E-state index contributed by atoms with van der Waals surface area (Å²) in [7, 11) is 0. The van der Waals surface area contributed by atoms with Crippen molar-refractivity contribution in [3.8, 4) is 0 Å². The first kappa shape index (κ1) is 15.3. The van der Waals surface area contributed by atoms with Crippen molar-refractivity contribution in [2.24, 2.45) is 0 Å². The lowest BCUT2D eigenvalue weighted by atomic mass is 10.1. The molecule has 0 atom stereocenters. The number of nitrogens with zero attached hydrogens (tertiary/aromatic N) is 2. The third-order valence-corrected chi connectivity index (χ3v) is 3.66. The standard InChI is InChI=1S/C17H18N4OS/c23-17(20-11-16-5-2-8-22-16)19-10-14-3-1-4-15(9-14)12-21-7-6-18-13-21/h1-9,13H,10-12H2,(H2,19,20,23). The molecule has 3 rings (SSSR count). The molecule has 3 aromatic rings. The van der Waals surface area contributed by atoms with Crippen LogP contribution in [-0.2, 0) is 19.6 Å². The van der Waals surface area contributed by atoms with E-state index in [0.29, 0.717) is 18.2 Å². The zero-order valence-corrected chi connectivity index (χ0v) is 13.4. The minimum Gasteiger partial charge on any atom is -0.467 e. The molecule has 23 heavy (non-hydrogen) atoms. The van der Waals surface area contributed by atoms with Gasteiger partial charge in [0, 0.05) is 25.5 Å². The van der Waals surface area contributed by atoms with Crippen LogP contribution in [0.15, 0.2) is 65.8 Å². The maximum absolute atomic E-state index is 5.28. The van der Waals surface area contributed by atoms with E-state index >= 15 is 0 Å². The molecule has 5 nitrogen and oxygen atoms in total. The van der Waals surface area contributed by atoms with Crippen molar-refractivity contribution < 1.29 is 4.42 Å². The Labute approximate surface area is 140 Å². The lowest BCUT2D eigenvalue weighted by Gasteiger charge is -2.10. The summed E-state index contributed by atoms with van der Waals surface area (Å²) in [6.45, 7) is 2.08. The Morgan fingerprint density at radius 1 is 1.13 bits per heavy atom. The number of nitrogens with one attached hydrogen (secondary N) is 2. The van der Waals surface area contributed by atoms with Crippen molar-refractivity contribution >= 4 is 17.3 Å². The van der Waals surface area contributed by atoms with E-state index in [2.05, 4.69) is 39.9 Å². The van der Waals surface area contributed by atoms with Crippen molar-refractivity contribution in [2.45, 2.75) is 19.6 Å². The van der Waals surface area contributed by atoms with Gasteiger partial charge in [0.05, 0.1) is 19.1 Å². The van der Waals surface area contributed by atoms with Gasteiger partial charge in [-0.2, -0.15) is 0 Å². The Morgan fingerprint density at radius 3 is 2.78 bits per heavy atom. The fraction of sp³-hybridized carbons (Fsp3) is 0.176. The molecule has 118 valence electrons. The summed E-state index contributed by atoms with van der Waals surface area (Å²) in [5.74, 6) is 0.858. The van der Waals surface area contributed by atoms with Gasteiger partial charge in [-0.25, -0.2) is 4.98 Å². The van der Waals surface area contributed by atoms with Crippen LogP contribution >= 0.6 is 12.2 Å². The molecule has 0 saturated carbocycles. The second-order valence-electron chi connectivity index (χ2n) is 5.17. The predicted molar refractivity (Wildman–Crippen MR) is 92.8 cm³/mol. The number of hydrogen-bond donors (Lipinski definition) is 2. The number of imidazole rings is 1. The van der Waals surface area contributed by atoms with Gasteiger partial charge < -0.3 is 19.6 Å². The van der Waals surface area contributed by atoms with E-state index in [1.165, 1.54) is 11.1 Å². The summed E-state index contributed by atoms with van der Waals surface area (Å²) in [6.07, 6.45) is 7.21. The van der Waals surface area contributed by atoms with Crippen molar-refractivity contribution in [1.29, 1.82) is 0 Å². The summed E-state index contributed by atoms with van der Waals surface area (Å²) >= 11 is 5.28. The second kappa shape index (κ2) is 7.60. The monoisotopic (exact) mass is 326 g/mol. The predicted octanol–water partition coefficient (Wildman–Crippen LogP) is 2.69. The third-order valence-electron chi connectivity index (χ3n) is 3.37. The van der Waals surface area contributed by atoms with Crippen molar-refractivity contribution in [1.82, 2.24) is 20.2 Å². The van der Waals surface area contributed by atoms with Crippen LogP contribution in [0.4, 0.5) is 0 Å². The van der Waals surface area contributed by atoms with Crippen LogP contribution in [0.2, 0.25) is 0 Å². The van der Waals surface area contributed by atoms with Crippen molar-refractivity contribution in [3.63, 3.8) is 0 Å². The van der Waals surface area contributed by atoms with Crippen LogP contribution in [0.3, 0.4) is 0 Å². The molecule has 0 aliphatic heterocycles. The smallest absolute Gasteiger partial charge is 0.166 e. The normalized spacial score (nSPS) is 10.4. The molecule has 0 aliphatic carbocycles. The zero-order chi connectivity index (χ0) is 15.9. The minimum absolute atomic E-state index is 0.583. The van der Waals surface area contributed by atoms with Gasteiger partial charge >= 0.3 is 0 Å². The Balaban J connectivity index is 1.48. The highest BCUT2D eigenvalue weighted by atomic mass is 32.1. The summed E-state index contributed by atoms with van der Waals surface area (Å²) in [5.41, 5.74) is 2.42. The number of thiocarbonyl (C=S) groups is 1. The Kier molecular flexibility index (Phi) is 5.06. The van der Waals surface area contributed by atoms with E-state index in [4.69, 9.17) is 16.6 Å².